The fraction of sp³-hybridized carbons (Fsp3) is 0.556. The van der Waals surface area contributed by atoms with Gasteiger partial charge in [-0.2, -0.15) is 0 Å². The van der Waals surface area contributed by atoms with Crippen LogP contribution in [0.4, 0.5) is 5.69 Å². The van der Waals surface area contributed by atoms with E-state index in [4.69, 9.17) is 10.2 Å². The van der Waals surface area contributed by atoms with Gasteiger partial charge in [0.15, 0.2) is 6.10 Å². The van der Waals surface area contributed by atoms with Crippen molar-refractivity contribution in [2.24, 2.45) is 0 Å². The van der Waals surface area contributed by atoms with Crippen LogP contribution in [0.25, 0.3) is 0 Å². The van der Waals surface area contributed by atoms with Crippen molar-refractivity contribution < 1.29 is 30.0 Å². The maximum atomic E-state index is 12.9. The van der Waals surface area contributed by atoms with Crippen LogP contribution < -0.4 is 5.32 Å². The monoisotopic (exact) mass is 368 g/mol. The fourth-order valence-electron chi connectivity index (χ4n) is 2.79. The predicted octanol–water partition coefficient (Wildman–Crippen LogP) is -0.363. The Kier molecular flexibility index (Phi) is 7.70. The predicted molar refractivity (Wildman–Crippen MR) is 97.2 cm³/mol. The lowest BCUT2D eigenvalue weighted by atomic mass is 9.91. The summed E-state index contributed by atoms with van der Waals surface area (Å²) in [6, 6.07) is 0. The molecule has 8 nitrogen and oxygen atoms in total. The number of amides is 2. The van der Waals surface area contributed by atoms with Crippen LogP contribution >= 0.6 is 0 Å². The maximum Gasteiger partial charge on any atom is 0.255 e. The first-order valence-corrected chi connectivity index (χ1v) is 8.31. The third kappa shape index (κ3) is 4.59. The van der Waals surface area contributed by atoms with Crippen molar-refractivity contribution in [2.75, 3.05) is 32.1 Å². The van der Waals surface area contributed by atoms with Crippen molar-refractivity contribution in [1.82, 2.24) is 4.90 Å². The average Bonchev–Trinajstić information content (AvgIpc) is 2.62. The average molecular weight is 368 g/mol. The summed E-state index contributed by atoms with van der Waals surface area (Å²) >= 11 is 0. The van der Waals surface area contributed by atoms with Crippen molar-refractivity contribution in [3.63, 3.8) is 0 Å². The molecule has 0 aromatic heterocycles. The van der Waals surface area contributed by atoms with Gasteiger partial charge in [-0.1, -0.05) is 0 Å². The van der Waals surface area contributed by atoms with Crippen molar-refractivity contribution in [2.45, 2.75) is 39.9 Å². The number of likely N-dealkylation sites (N-methyl/N-ethyl adjacent to an activating group) is 1. The molecule has 0 fully saturated rings. The number of anilines is 1. The molecule has 0 aliphatic rings. The van der Waals surface area contributed by atoms with E-state index in [0.29, 0.717) is 16.8 Å². The van der Waals surface area contributed by atoms with Gasteiger partial charge in [0.25, 0.3) is 11.8 Å². The second-order valence-corrected chi connectivity index (χ2v) is 6.46. The third-order valence-corrected chi connectivity index (χ3v) is 4.60. The second kappa shape index (κ2) is 9.09. The highest BCUT2D eigenvalue weighted by Crippen LogP contribution is 2.31. The highest BCUT2D eigenvalue weighted by atomic mass is 16.3. The number of aliphatic hydroxyl groups excluding tert-OH is 4. The molecular weight excluding hydrogens is 340 g/mol. The van der Waals surface area contributed by atoms with E-state index in [9.17, 15) is 19.8 Å². The number of nitrogens with zero attached hydrogens (tertiary/aromatic N) is 1. The number of carbonyl (C=O) groups excluding carboxylic acids is 2. The van der Waals surface area contributed by atoms with Gasteiger partial charge in [-0.05, 0) is 49.9 Å². The summed E-state index contributed by atoms with van der Waals surface area (Å²) in [7, 11) is 1.52. The normalized spacial score (nSPS) is 13.3. The number of carbonyl (C=O) groups is 2. The topological polar surface area (TPSA) is 130 Å². The Morgan fingerprint density at radius 2 is 1.54 bits per heavy atom. The Bertz CT molecular complexity index is 689. The molecule has 2 unspecified atom stereocenters. The molecule has 5 N–H and O–H groups in total. The minimum Gasteiger partial charge on any atom is -0.394 e. The van der Waals surface area contributed by atoms with Crippen molar-refractivity contribution in [3.05, 3.63) is 27.8 Å². The lowest BCUT2D eigenvalue weighted by molar-refractivity contribution is -0.125. The zero-order valence-corrected chi connectivity index (χ0v) is 15.8. The molecule has 26 heavy (non-hydrogen) atoms. The molecule has 2 amide bonds. The van der Waals surface area contributed by atoms with Crippen LogP contribution in [0, 0.1) is 27.7 Å². The number of hydrogen-bond acceptors (Lipinski definition) is 6. The van der Waals surface area contributed by atoms with E-state index in [1.165, 1.54) is 11.9 Å². The zero-order valence-electron chi connectivity index (χ0n) is 15.8. The first-order chi connectivity index (χ1) is 12.1. The number of rotatable bonds is 7. The first kappa shape index (κ1) is 22.0. The van der Waals surface area contributed by atoms with Gasteiger partial charge in [0.2, 0.25) is 0 Å². The molecular formula is C18H28N2O6. The lowest BCUT2D eigenvalue weighted by Gasteiger charge is -2.25. The van der Waals surface area contributed by atoms with Crippen LogP contribution in [0.1, 0.15) is 32.6 Å². The van der Waals surface area contributed by atoms with E-state index >= 15 is 0 Å². The molecule has 146 valence electrons. The summed E-state index contributed by atoms with van der Waals surface area (Å²) in [6.45, 7) is 5.90. The number of benzene rings is 1. The number of nitrogens with one attached hydrogen (secondary N) is 1. The van der Waals surface area contributed by atoms with Gasteiger partial charge < -0.3 is 30.6 Å². The molecule has 0 saturated carbocycles. The number of aliphatic hydroxyl groups is 4. The van der Waals surface area contributed by atoms with Crippen molar-refractivity contribution in [1.29, 1.82) is 0 Å². The standard InChI is InChI=1S/C18H28N2O6/c1-9-10(2)15(18(26)20(5)6-13(23)7-21)12(4)16(11(9)3)19-17(25)14(24)8-22/h13-14,21-24H,6-8H2,1-5H3,(H,19,25). The van der Waals surface area contributed by atoms with Crippen molar-refractivity contribution >= 4 is 17.5 Å². The van der Waals surface area contributed by atoms with Crippen LogP contribution in [-0.2, 0) is 4.79 Å². The van der Waals surface area contributed by atoms with Crippen LogP contribution in [0.3, 0.4) is 0 Å². The van der Waals surface area contributed by atoms with Crippen molar-refractivity contribution in [3.8, 4) is 0 Å². The molecule has 0 saturated heterocycles. The molecule has 1 rings (SSSR count). The summed E-state index contributed by atoms with van der Waals surface area (Å²) in [5.74, 6) is -1.11. The Morgan fingerprint density at radius 1 is 0.962 bits per heavy atom. The SMILES string of the molecule is Cc1c(C)c(NC(=O)C(O)CO)c(C)c(C(=O)N(C)CC(O)CO)c1C. The minimum atomic E-state index is -1.56. The van der Waals surface area contributed by atoms with Gasteiger partial charge in [0.1, 0.15) is 0 Å². The van der Waals surface area contributed by atoms with Crippen LogP contribution in [0.5, 0.6) is 0 Å². The Morgan fingerprint density at radius 3 is 2.04 bits per heavy atom. The van der Waals surface area contributed by atoms with E-state index in [1.54, 1.807) is 20.8 Å². The molecule has 1 aromatic rings. The van der Waals surface area contributed by atoms with E-state index in [-0.39, 0.29) is 12.5 Å². The summed E-state index contributed by atoms with van der Waals surface area (Å²) in [6.07, 6.45) is -2.60. The van der Waals surface area contributed by atoms with E-state index in [0.717, 1.165) is 16.7 Å². The van der Waals surface area contributed by atoms with E-state index < -0.39 is 31.3 Å². The lowest BCUT2D eigenvalue weighted by Crippen LogP contribution is -2.37. The smallest absolute Gasteiger partial charge is 0.255 e. The molecule has 2 atom stereocenters. The molecule has 0 radical (unpaired) electrons. The highest BCUT2D eigenvalue weighted by molar-refractivity contribution is 6.02. The second-order valence-electron chi connectivity index (χ2n) is 6.46. The zero-order chi connectivity index (χ0) is 20.2. The summed E-state index contributed by atoms with van der Waals surface area (Å²) < 4.78 is 0. The third-order valence-electron chi connectivity index (χ3n) is 4.60. The molecule has 1 aromatic carbocycles. The Hall–Kier alpha value is -2.00. The van der Waals surface area contributed by atoms with Gasteiger partial charge in [-0.15, -0.1) is 0 Å². The summed E-state index contributed by atoms with van der Waals surface area (Å²) in [5, 5.41) is 39.5. The van der Waals surface area contributed by atoms with E-state index in [1.807, 2.05) is 6.92 Å². The molecule has 0 spiro atoms. The van der Waals surface area contributed by atoms with Gasteiger partial charge >= 0.3 is 0 Å². The van der Waals surface area contributed by atoms with Gasteiger partial charge in [-0.25, -0.2) is 0 Å². The minimum absolute atomic E-state index is 0.0357. The highest BCUT2D eigenvalue weighted by Gasteiger charge is 2.25. The molecule has 0 heterocycles. The fourth-order valence-corrected chi connectivity index (χ4v) is 2.79. The summed E-state index contributed by atoms with van der Waals surface area (Å²) in [4.78, 5) is 26.1. The molecule has 0 aliphatic heterocycles. The number of hydrogen-bond donors (Lipinski definition) is 5. The van der Waals surface area contributed by atoms with Crippen LogP contribution in [0.2, 0.25) is 0 Å². The largest absolute Gasteiger partial charge is 0.394 e. The Labute approximate surface area is 153 Å². The van der Waals surface area contributed by atoms with E-state index in [2.05, 4.69) is 5.32 Å². The molecule has 0 bridgehead atoms. The van der Waals surface area contributed by atoms with Gasteiger partial charge in [0.05, 0.1) is 19.3 Å². The van der Waals surface area contributed by atoms with Gasteiger partial charge in [-0.3, -0.25) is 9.59 Å². The Balaban J connectivity index is 3.37. The van der Waals surface area contributed by atoms with Crippen LogP contribution in [0.15, 0.2) is 0 Å². The van der Waals surface area contributed by atoms with Crippen LogP contribution in [-0.4, -0.2) is 76.2 Å². The maximum absolute atomic E-state index is 12.9. The molecule has 0 aliphatic carbocycles. The molecule has 8 heteroatoms. The summed E-state index contributed by atoms with van der Waals surface area (Å²) in [5.41, 5.74) is 3.63. The first-order valence-electron chi connectivity index (χ1n) is 8.31. The van der Waals surface area contributed by atoms with Gasteiger partial charge in [0, 0.05) is 24.8 Å². The quantitative estimate of drug-likeness (QED) is 0.447.